The van der Waals surface area contributed by atoms with Crippen LogP contribution < -0.4 is 5.32 Å². The highest BCUT2D eigenvalue weighted by atomic mass is 35.5. The van der Waals surface area contributed by atoms with Crippen molar-refractivity contribution < 1.29 is 23.1 Å². The number of carbonyl (C=O) groups is 1. The third-order valence-corrected chi connectivity index (χ3v) is 4.40. The summed E-state index contributed by atoms with van der Waals surface area (Å²) in [4.78, 5) is 15.5. The Balaban J connectivity index is 1.86. The van der Waals surface area contributed by atoms with Crippen molar-refractivity contribution in [1.29, 1.82) is 0 Å². The van der Waals surface area contributed by atoms with E-state index in [-0.39, 0.29) is 24.3 Å². The van der Waals surface area contributed by atoms with E-state index in [1.807, 2.05) is 0 Å². The van der Waals surface area contributed by atoms with Crippen LogP contribution in [0.4, 0.5) is 13.2 Å². The molecule has 0 aliphatic rings. The van der Waals surface area contributed by atoms with Crippen molar-refractivity contribution in [1.82, 2.24) is 10.3 Å². The minimum absolute atomic E-state index is 0.0824. The van der Waals surface area contributed by atoms with Crippen LogP contribution in [-0.4, -0.2) is 22.6 Å². The normalized spacial score (nSPS) is 12.9. The van der Waals surface area contributed by atoms with Crippen molar-refractivity contribution in [3.05, 3.63) is 70.4 Å². The Morgan fingerprint density at radius 1 is 1.19 bits per heavy atom. The summed E-state index contributed by atoms with van der Waals surface area (Å²) in [7, 11) is 0. The van der Waals surface area contributed by atoms with E-state index < -0.39 is 23.7 Å². The van der Waals surface area contributed by atoms with E-state index in [0.717, 1.165) is 17.5 Å². The summed E-state index contributed by atoms with van der Waals surface area (Å²) in [5.74, 6) is -0.488. The van der Waals surface area contributed by atoms with Crippen molar-refractivity contribution in [3.63, 3.8) is 0 Å². The van der Waals surface area contributed by atoms with Gasteiger partial charge >= 0.3 is 6.18 Å². The van der Waals surface area contributed by atoms with Gasteiger partial charge in [-0.1, -0.05) is 29.8 Å². The first-order valence-corrected chi connectivity index (χ1v) is 8.53. The summed E-state index contributed by atoms with van der Waals surface area (Å²) < 4.78 is 38.8. The van der Waals surface area contributed by atoms with Gasteiger partial charge in [-0.3, -0.25) is 4.79 Å². The van der Waals surface area contributed by atoms with Crippen molar-refractivity contribution in [2.45, 2.75) is 18.6 Å². The van der Waals surface area contributed by atoms with Crippen LogP contribution >= 0.6 is 11.6 Å². The molecular weight excluding hydrogens is 381 g/mol. The molecule has 1 unspecified atom stereocenters. The van der Waals surface area contributed by atoms with Crippen molar-refractivity contribution >= 4 is 28.4 Å². The molecule has 2 aromatic carbocycles. The second-order valence-corrected chi connectivity index (χ2v) is 6.51. The zero-order chi connectivity index (χ0) is 19.6. The number of amides is 1. The van der Waals surface area contributed by atoms with Crippen LogP contribution in [0.2, 0.25) is 5.02 Å². The van der Waals surface area contributed by atoms with Gasteiger partial charge in [0.2, 0.25) is 0 Å². The first kappa shape index (κ1) is 19.3. The summed E-state index contributed by atoms with van der Waals surface area (Å²) in [6, 6.07) is 10.7. The van der Waals surface area contributed by atoms with Crippen molar-refractivity contribution in [3.8, 4) is 0 Å². The Bertz CT molecular complexity index is 969. The molecular formula is C19H16ClF3N2O2. The van der Waals surface area contributed by atoms with Gasteiger partial charge < -0.3 is 15.4 Å². The number of hydrogen-bond donors (Lipinski definition) is 3. The molecule has 0 spiro atoms. The molecule has 3 aromatic rings. The monoisotopic (exact) mass is 396 g/mol. The van der Waals surface area contributed by atoms with Gasteiger partial charge in [0.25, 0.3) is 5.91 Å². The molecule has 142 valence electrons. The largest absolute Gasteiger partial charge is 0.416 e. The standard InChI is InChI=1S/C19H16ClF3N2O2/c20-14-5-4-12-9-17(24-16(12)10-14)18(27)25-15(6-7-26)11-2-1-3-13(8-11)19(21,22)23/h1-5,8-10,15,24,26H,6-7H2,(H,25,27). The molecule has 3 rings (SSSR count). The molecule has 0 radical (unpaired) electrons. The quantitative estimate of drug-likeness (QED) is 0.585. The molecule has 3 N–H and O–H groups in total. The molecule has 0 saturated heterocycles. The van der Waals surface area contributed by atoms with Gasteiger partial charge in [0.15, 0.2) is 0 Å². The van der Waals surface area contributed by atoms with E-state index in [4.69, 9.17) is 11.6 Å². The number of aromatic nitrogens is 1. The third kappa shape index (κ3) is 4.43. The smallest absolute Gasteiger partial charge is 0.396 e. The van der Waals surface area contributed by atoms with Gasteiger partial charge in [-0.15, -0.1) is 0 Å². The van der Waals surface area contributed by atoms with Crippen LogP contribution in [0.3, 0.4) is 0 Å². The van der Waals surface area contributed by atoms with Gasteiger partial charge in [-0.25, -0.2) is 0 Å². The molecule has 0 saturated carbocycles. The summed E-state index contributed by atoms with van der Waals surface area (Å²) in [5.41, 5.74) is 0.386. The van der Waals surface area contributed by atoms with Crippen LogP contribution in [0.1, 0.15) is 34.1 Å². The second-order valence-electron chi connectivity index (χ2n) is 6.08. The number of alkyl halides is 3. The number of hydrogen-bond acceptors (Lipinski definition) is 2. The number of halogens is 4. The fourth-order valence-corrected chi connectivity index (χ4v) is 3.01. The van der Waals surface area contributed by atoms with Crippen LogP contribution in [0.25, 0.3) is 10.9 Å². The number of aromatic amines is 1. The lowest BCUT2D eigenvalue weighted by Crippen LogP contribution is -2.29. The molecule has 1 aromatic heterocycles. The van der Waals surface area contributed by atoms with E-state index in [0.29, 0.717) is 10.5 Å². The molecule has 0 bridgehead atoms. The van der Waals surface area contributed by atoms with Crippen molar-refractivity contribution in [2.24, 2.45) is 0 Å². The van der Waals surface area contributed by atoms with Crippen molar-refractivity contribution in [2.75, 3.05) is 6.61 Å². The first-order valence-electron chi connectivity index (χ1n) is 8.15. The van der Waals surface area contributed by atoms with Gasteiger partial charge in [-0.05, 0) is 42.3 Å². The van der Waals surface area contributed by atoms with E-state index in [9.17, 15) is 23.1 Å². The minimum atomic E-state index is -4.49. The lowest BCUT2D eigenvalue weighted by molar-refractivity contribution is -0.137. The Morgan fingerprint density at radius 3 is 2.67 bits per heavy atom. The van der Waals surface area contributed by atoms with Crippen LogP contribution in [0, 0.1) is 0 Å². The zero-order valence-corrected chi connectivity index (χ0v) is 14.7. The number of rotatable bonds is 5. The lowest BCUT2D eigenvalue weighted by Gasteiger charge is -2.19. The zero-order valence-electron chi connectivity index (χ0n) is 14.0. The Hall–Kier alpha value is -2.51. The highest BCUT2D eigenvalue weighted by Gasteiger charge is 2.31. The van der Waals surface area contributed by atoms with Gasteiger partial charge in [0, 0.05) is 22.5 Å². The number of benzene rings is 2. The predicted molar refractivity (Wildman–Crippen MR) is 96.7 cm³/mol. The molecule has 1 amide bonds. The summed E-state index contributed by atoms with van der Waals surface area (Å²) in [5, 5.41) is 13.2. The maximum Gasteiger partial charge on any atom is 0.416 e. The Morgan fingerprint density at radius 2 is 1.96 bits per heavy atom. The average Bonchev–Trinajstić information content (AvgIpc) is 3.04. The highest BCUT2D eigenvalue weighted by Crippen LogP contribution is 2.31. The van der Waals surface area contributed by atoms with Crippen LogP contribution in [-0.2, 0) is 6.18 Å². The molecule has 27 heavy (non-hydrogen) atoms. The number of aliphatic hydroxyl groups is 1. The number of H-pyrrole nitrogens is 1. The topological polar surface area (TPSA) is 65.1 Å². The molecule has 8 heteroatoms. The van der Waals surface area contributed by atoms with E-state index >= 15 is 0 Å². The van der Waals surface area contributed by atoms with E-state index in [1.54, 1.807) is 24.3 Å². The summed E-state index contributed by atoms with van der Waals surface area (Å²) in [6.07, 6.45) is -4.40. The number of nitrogens with one attached hydrogen (secondary N) is 2. The second kappa shape index (κ2) is 7.62. The van der Waals surface area contributed by atoms with E-state index in [2.05, 4.69) is 10.3 Å². The Labute approximate surface area is 158 Å². The molecule has 4 nitrogen and oxygen atoms in total. The summed E-state index contributed by atoms with van der Waals surface area (Å²) >= 11 is 5.92. The summed E-state index contributed by atoms with van der Waals surface area (Å²) in [6.45, 7) is -0.288. The predicted octanol–water partition coefficient (Wildman–Crippen LogP) is 4.69. The van der Waals surface area contributed by atoms with E-state index in [1.165, 1.54) is 12.1 Å². The number of aliphatic hydroxyl groups excluding tert-OH is 1. The van der Waals surface area contributed by atoms with Crippen LogP contribution in [0.5, 0.6) is 0 Å². The molecule has 0 fully saturated rings. The maximum atomic E-state index is 12.9. The number of carbonyl (C=O) groups excluding carboxylic acids is 1. The fraction of sp³-hybridized carbons (Fsp3) is 0.211. The fourth-order valence-electron chi connectivity index (χ4n) is 2.84. The highest BCUT2D eigenvalue weighted by molar-refractivity contribution is 6.31. The Kier molecular flexibility index (Phi) is 5.43. The van der Waals surface area contributed by atoms with Crippen LogP contribution in [0.15, 0.2) is 48.5 Å². The minimum Gasteiger partial charge on any atom is -0.396 e. The first-order chi connectivity index (χ1) is 12.8. The van der Waals surface area contributed by atoms with Gasteiger partial charge in [0.05, 0.1) is 11.6 Å². The molecule has 1 heterocycles. The molecule has 0 aliphatic carbocycles. The maximum absolute atomic E-state index is 12.9. The molecule has 1 atom stereocenters. The number of fused-ring (bicyclic) bond motifs is 1. The van der Waals surface area contributed by atoms with Gasteiger partial charge in [0.1, 0.15) is 5.69 Å². The lowest BCUT2D eigenvalue weighted by atomic mass is 10.0. The average molecular weight is 397 g/mol. The third-order valence-electron chi connectivity index (χ3n) is 4.17. The SMILES string of the molecule is O=C(NC(CCO)c1cccc(C(F)(F)F)c1)c1cc2ccc(Cl)cc2[nH]1. The molecule has 0 aliphatic heterocycles. The van der Waals surface area contributed by atoms with Gasteiger partial charge in [-0.2, -0.15) is 13.2 Å².